The van der Waals surface area contributed by atoms with Crippen molar-refractivity contribution in [3.63, 3.8) is 0 Å². The number of rotatable bonds is 3. The summed E-state index contributed by atoms with van der Waals surface area (Å²) in [5, 5.41) is 14.4. The van der Waals surface area contributed by atoms with Gasteiger partial charge in [0.1, 0.15) is 0 Å². The fourth-order valence-electron chi connectivity index (χ4n) is 3.50. The molecule has 0 unspecified atom stereocenters. The Morgan fingerprint density at radius 1 is 1.33 bits per heavy atom. The van der Waals surface area contributed by atoms with Crippen LogP contribution < -0.4 is 5.32 Å². The monoisotopic (exact) mass is 266 g/mol. The lowest BCUT2D eigenvalue weighted by Gasteiger charge is -2.26. The van der Waals surface area contributed by atoms with Crippen LogP contribution in [0.3, 0.4) is 0 Å². The van der Waals surface area contributed by atoms with Crippen molar-refractivity contribution in [1.29, 1.82) is 0 Å². The number of nitrogens with one attached hydrogen (secondary N) is 1. The Bertz CT molecular complexity index is 474. The highest BCUT2D eigenvalue weighted by Crippen LogP contribution is 2.52. The minimum absolute atomic E-state index is 0.176. The van der Waals surface area contributed by atoms with Crippen molar-refractivity contribution in [3.8, 4) is 0 Å². The largest absolute Gasteiger partial charge is 0.481 e. The number of aliphatic carboxylic acids is 1. The van der Waals surface area contributed by atoms with Crippen molar-refractivity contribution < 1.29 is 14.7 Å². The number of carboxylic acids is 1. The molecule has 2 saturated carbocycles. The highest BCUT2D eigenvalue weighted by Gasteiger charge is 2.54. The smallest absolute Gasteiger partial charge is 0.307 e. The number of carbonyl (C=O) groups is 2. The Kier molecular flexibility index (Phi) is 2.81. The van der Waals surface area contributed by atoms with Crippen LogP contribution in [0.1, 0.15) is 19.3 Å². The van der Waals surface area contributed by atoms with Crippen LogP contribution in [0.25, 0.3) is 0 Å². The van der Waals surface area contributed by atoms with Crippen molar-refractivity contribution in [2.75, 3.05) is 5.32 Å². The van der Waals surface area contributed by atoms with Gasteiger partial charge in [0, 0.05) is 11.6 Å². The SMILES string of the molecule is O=C(O)[C@H]1[C@@H]2CC[C@@H](C2)[C@@H]1C(=O)Nc1nccs1. The fourth-order valence-corrected chi connectivity index (χ4v) is 4.03. The van der Waals surface area contributed by atoms with Gasteiger partial charge in [-0.25, -0.2) is 4.98 Å². The summed E-state index contributed by atoms with van der Waals surface area (Å²) in [7, 11) is 0. The van der Waals surface area contributed by atoms with E-state index in [2.05, 4.69) is 10.3 Å². The van der Waals surface area contributed by atoms with Gasteiger partial charge in [-0.05, 0) is 31.1 Å². The van der Waals surface area contributed by atoms with Gasteiger partial charge in [-0.15, -0.1) is 11.3 Å². The van der Waals surface area contributed by atoms with Gasteiger partial charge < -0.3 is 10.4 Å². The number of carbonyl (C=O) groups excluding carboxylic acids is 1. The van der Waals surface area contributed by atoms with Gasteiger partial charge in [0.05, 0.1) is 11.8 Å². The third kappa shape index (κ3) is 1.80. The topological polar surface area (TPSA) is 79.3 Å². The lowest BCUT2D eigenvalue weighted by Crippen LogP contribution is -2.37. The maximum Gasteiger partial charge on any atom is 0.307 e. The number of nitrogens with zero attached hydrogens (tertiary/aromatic N) is 1. The first-order valence-electron chi connectivity index (χ1n) is 6.10. The highest BCUT2D eigenvalue weighted by molar-refractivity contribution is 7.13. The number of hydrogen-bond donors (Lipinski definition) is 2. The molecule has 6 heteroatoms. The summed E-state index contributed by atoms with van der Waals surface area (Å²) >= 11 is 1.35. The molecule has 5 nitrogen and oxygen atoms in total. The molecule has 96 valence electrons. The van der Waals surface area contributed by atoms with E-state index in [9.17, 15) is 14.7 Å². The minimum atomic E-state index is -0.832. The average Bonchev–Trinajstić information content (AvgIpc) is 3.03. The summed E-state index contributed by atoms with van der Waals surface area (Å²) in [6, 6.07) is 0. The number of aromatic nitrogens is 1. The number of fused-ring (bicyclic) bond motifs is 2. The molecule has 1 heterocycles. The second-order valence-electron chi connectivity index (χ2n) is 5.05. The number of amides is 1. The molecule has 1 aromatic heterocycles. The zero-order chi connectivity index (χ0) is 12.7. The maximum absolute atomic E-state index is 12.2. The third-order valence-corrected chi connectivity index (χ3v) is 4.86. The molecule has 2 aliphatic rings. The summed E-state index contributed by atoms with van der Waals surface area (Å²) < 4.78 is 0. The van der Waals surface area contributed by atoms with Crippen LogP contribution in [0.2, 0.25) is 0 Å². The third-order valence-electron chi connectivity index (χ3n) is 4.17. The van der Waals surface area contributed by atoms with Gasteiger partial charge in [-0.2, -0.15) is 0 Å². The molecule has 2 fully saturated rings. The van der Waals surface area contributed by atoms with E-state index >= 15 is 0 Å². The zero-order valence-electron chi connectivity index (χ0n) is 9.70. The normalized spacial score (nSPS) is 33.6. The van der Waals surface area contributed by atoms with Crippen LogP contribution in [-0.4, -0.2) is 22.0 Å². The Morgan fingerprint density at radius 3 is 2.67 bits per heavy atom. The van der Waals surface area contributed by atoms with Crippen LogP contribution in [0.5, 0.6) is 0 Å². The van der Waals surface area contributed by atoms with Gasteiger partial charge in [0.2, 0.25) is 5.91 Å². The number of carboxylic acid groups (broad SMARTS) is 1. The Labute approximate surface area is 108 Å². The lowest BCUT2D eigenvalue weighted by molar-refractivity contribution is -0.148. The van der Waals surface area contributed by atoms with E-state index in [4.69, 9.17) is 0 Å². The van der Waals surface area contributed by atoms with Crippen LogP contribution in [0.4, 0.5) is 5.13 Å². The van der Waals surface area contributed by atoms with Gasteiger partial charge >= 0.3 is 5.97 Å². The first-order chi connectivity index (χ1) is 8.66. The summed E-state index contributed by atoms with van der Waals surface area (Å²) in [4.78, 5) is 27.5. The Hall–Kier alpha value is -1.43. The molecule has 1 amide bonds. The minimum Gasteiger partial charge on any atom is -0.481 e. The van der Waals surface area contributed by atoms with E-state index in [1.165, 1.54) is 11.3 Å². The Balaban J connectivity index is 1.78. The molecule has 0 spiro atoms. The van der Waals surface area contributed by atoms with E-state index in [0.717, 1.165) is 19.3 Å². The van der Waals surface area contributed by atoms with Gasteiger partial charge in [-0.3, -0.25) is 9.59 Å². The number of hydrogen-bond acceptors (Lipinski definition) is 4. The molecule has 0 saturated heterocycles. The molecule has 4 atom stereocenters. The summed E-state index contributed by atoms with van der Waals surface area (Å²) in [6.07, 6.45) is 4.43. The summed E-state index contributed by atoms with van der Waals surface area (Å²) in [5.74, 6) is -1.49. The van der Waals surface area contributed by atoms with Crippen LogP contribution in [-0.2, 0) is 9.59 Å². The molecule has 3 rings (SSSR count). The van der Waals surface area contributed by atoms with Gasteiger partial charge in [0.15, 0.2) is 5.13 Å². The zero-order valence-corrected chi connectivity index (χ0v) is 10.5. The second-order valence-corrected chi connectivity index (χ2v) is 5.94. The van der Waals surface area contributed by atoms with Crippen molar-refractivity contribution in [2.24, 2.45) is 23.7 Å². The fraction of sp³-hybridized carbons (Fsp3) is 0.583. The molecule has 2 aliphatic carbocycles. The predicted octanol–water partition coefficient (Wildman–Crippen LogP) is 1.83. The standard InChI is InChI=1S/C12H14N2O3S/c15-10(14-12-13-3-4-18-12)8-6-1-2-7(5-6)9(8)11(16)17/h3-4,6-9H,1-2,5H2,(H,16,17)(H,13,14,15)/t6-,7+,8-,9-/m0/s1. The molecular formula is C12H14N2O3S. The molecule has 0 radical (unpaired) electrons. The van der Waals surface area contributed by atoms with E-state index < -0.39 is 11.9 Å². The quantitative estimate of drug-likeness (QED) is 0.874. The van der Waals surface area contributed by atoms with Crippen LogP contribution in [0.15, 0.2) is 11.6 Å². The molecule has 0 aromatic carbocycles. The summed E-state index contributed by atoms with van der Waals surface area (Å²) in [5.41, 5.74) is 0. The molecule has 0 aliphatic heterocycles. The van der Waals surface area contributed by atoms with Gasteiger partial charge in [0.25, 0.3) is 0 Å². The second kappa shape index (κ2) is 4.35. The average molecular weight is 266 g/mol. The molecule has 2 N–H and O–H groups in total. The maximum atomic E-state index is 12.2. The molecule has 18 heavy (non-hydrogen) atoms. The van der Waals surface area contributed by atoms with Crippen LogP contribution in [0, 0.1) is 23.7 Å². The van der Waals surface area contributed by atoms with E-state index in [1.807, 2.05) is 0 Å². The van der Waals surface area contributed by atoms with Crippen molar-refractivity contribution in [2.45, 2.75) is 19.3 Å². The number of thiazole rings is 1. The number of anilines is 1. The first-order valence-corrected chi connectivity index (χ1v) is 6.98. The molecule has 1 aromatic rings. The lowest BCUT2D eigenvalue weighted by atomic mass is 9.79. The highest BCUT2D eigenvalue weighted by atomic mass is 32.1. The van der Waals surface area contributed by atoms with Crippen LogP contribution >= 0.6 is 11.3 Å². The van der Waals surface area contributed by atoms with Gasteiger partial charge in [-0.1, -0.05) is 0 Å². The first kappa shape index (κ1) is 11.6. The Morgan fingerprint density at radius 2 is 2.06 bits per heavy atom. The van der Waals surface area contributed by atoms with Crippen molar-refractivity contribution >= 4 is 28.3 Å². The van der Waals surface area contributed by atoms with E-state index in [-0.39, 0.29) is 23.7 Å². The van der Waals surface area contributed by atoms with E-state index in [1.54, 1.807) is 11.6 Å². The van der Waals surface area contributed by atoms with Crippen molar-refractivity contribution in [1.82, 2.24) is 4.98 Å². The predicted molar refractivity (Wildman–Crippen MR) is 66.2 cm³/mol. The molecule has 2 bridgehead atoms. The summed E-state index contributed by atoms with van der Waals surface area (Å²) in [6.45, 7) is 0. The van der Waals surface area contributed by atoms with Crippen molar-refractivity contribution in [3.05, 3.63) is 11.6 Å². The molecular weight excluding hydrogens is 252 g/mol. The van der Waals surface area contributed by atoms with E-state index in [0.29, 0.717) is 5.13 Å².